The van der Waals surface area contributed by atoms with Crippen molar-refractivity contribution in [2.75, 3.05) is 0 Å². The lowest BCUT2D eigenvalue weighted by Gasteiger charge is -2.47. The highest BCUT2D eigenvalue weighted by molar-refractivity contribution is 9.10. The lowest BCUT2D eigenvalue weighted by Crippen LogP contribution is -2.44. The van der Waals surface area contributed by atoms with Gasteiger partial charge in [-0.1, -0.05) is 40.5 Å². The molecule has 0 unspecified atom stereocenters. The largest absolute Gasteiger partial charge is 0.455 e. The number of benzene rings is 2. The second kappa shape index (κ2) is 7.82. The Bertz CT molecular complexity index is 1150. The van der Waals surface area contributed by atoms with Gasteiger partial charge in [-0.2, -0.15) is 5.10 Å². The lowest BCUT2D eigenvalue weighted by atomic mass is 9.57. The van der Waals surface area contributed by atoms with Gasteiger partial charge in [-0.05, 0) is 92.2 Å². The van der Waals surface area contributed by atoms with E-state index in [-0.39, 0.29) is 16.4 Å². The Hall–Kier alpha value is -2.18. The fourth-order valence-corrected chi connectivity index (χ4v) is 5.59. The number of furan rings is 1. The Balaban J connectivity index is 1.67. The number of nitrogens with zero attached hydrogens (tertiary/aromatic N) is 1. The van der Waals surface area contributed by atoms with Crippen molar-refractivity contribution in [3.8, 4) is 0 Å². The summed E-state index contributed by atoms with van der Waals surface area (Å²) in [5, 5.41) is 5.73. The SMILES string of the molecule is Cc1cc(C)c(C2(C)CC(/C(=N/NC(N)=S)c3cc4cc(Br)ccc4o3)C2)c(C)c1. The molecule has 1 saturated carbocycles. The Labute approximate surface area is 191 Å². The quantitative estimate of drug-likeness (QED) is 0.270. The molecule has 1 aliphatic carbocycles. The molecule has 2 aromatic carbocycles. The van der Waals surface area contributed by atoms with Crippen LogP contribution in [-0.2, 0) is 5.41 Å². The van der Waals surface area contributed by atoms with Crippen LogP contribution < -0.4 is 11.2 Å². The molecule has 30 heavy (non-hydrogen) atoms. The van der Waals surface area contributed by atoms with Crippen LogP contribution in [0.2, 0.25) is 0 Å². The third kappa shape index (κ3) is 3.91. The van der Waals surface area contributed by atoms with Gasteiger partial charge in [0.25, 0.3) is 0 Å². The van der Waals surface area contributed by atoms with E-state index < -0.39 is 0 Å². The van der Waals surface area contributed by atoms with Gasteiger partial charge >= 0.3 is 0 Å². The number of hydrogen-bond donors (Lipinski definition) is 2. The predicted octanol–water partition coefficient (Wildman–Crippen LogP) is 6.03. The molecule has 1 aromatic heterocycles. The highest BCUT2D eigenvalue weighted by atomic mass is 79.9. The number of hydrazone groups is 1. The minimum atomic E-state index is 0.117. The van der Waals surface area contributed by atoms with Crippen LogP contribution in [0.15, 0.2) is 50.4 Å². The number of rotatable bonds is 4. The monoisotopic (exact) mass is 483 g/mol. The summed E-state index contributed by atoms with van der Waals surface area (Å²) >= 11 is 8.50. The third-order valence-electron chi connectivity index (χ3n) is 6.08. The van der Waals surface area contributed by atoms with Crippen molar-refractivity contribution in [2.24, 2.45) is 16.8 Å². The van der Waals surface area contributed by atoms with Crippen molar-refractivity contribution in [3.63, 3.8) is 0 Å². The van der Waals surface area contributed by atoms with Crippen molar-refractivity contribution >= 4 is 49.9 Å². The Morgan fingerprint density at radius 2 is 1.83 bits per heavy atom. The van der Waals surface area contributed by atoms with E-state index in [1.165, 1.54) is 22.3 Å². The third-order valence-corrected chi connectivity index (χ3v) is 6.66. The Kier molecular flexibility index (Phi) is 5.49. The molecule has 3 aromatic rings. The number of nitrogens with one attached hydrogen (secondary N) is 1. The van der Waals surface area contributed by atoms with Crippen LogP contribution in [-0.4, -0.2) is 10.8 Å². The van der Waals surface area contributed by atoms with Crippen LogP contribution in [0.1, 0.15) is 47.8 Å². The smallest absolute Gasteiger partial charge is 0.184 e. The second-order valence-electron chi connectivity index (χ2n) is 8.71. The maximum atomic E-state index is 6.14. The molecule has 1 aliphatic rings. The first kappa shape index (κ1) is 21.1. The molecule has 0 radical (unpaired) electrons. The average molecular weight is 484 g/mol. The van der Waals surface area contributed by atoms with Crippen molar-refractivity contribution in [1.29, 1.82) is 0 Å². The summed E-state index contributed by atoms with van der Waals surface area (Å²) in [5.74, 6) is 1.03. The summed E-state index contributed by atoms with van der Waals surface area (Å²) in [4.78, 5) is 0. The molecule has 3 N–H and O–H groups in total. The molecular formula is C24H26BrN3OS. The van der Waals surface area contributed by atoms with Gasteiger partial charge in [-0.3, -0.25) is 5.43 Å². The topological polar surface area (TPSA) is 63.5 Å². The molecule has 0 aliphatic heterocycles. The molecule has 0 bridgehead atoms. The number of aryl methyl sites for hydroxylation is 3. The molecule has 1 heterocycles. The molecular weight excluding hydrogens is 458 g/mol. The number of halogens is 1. The molecule has 0 saturated heterocycles. The number of nitrogens with two attached hydrogens (primary N) is 1. The zero-order chi connectivity index (χ0) is 21.6. The van der Waals surface area contributed by atoms with Crippen molar-refractivity contribution in [3.05, 3.63) is 68.9 Å². The highest BCUT2D eigenvalue weighted by Crippen LogP contribution is 2.51. The van der Waals surface area contributed by atoms with E-state index in [0.717, 1.165) is 39.8 Å². The molecule has 0 amide bonds. The summed E-state index contributed by atoms with van der Waals surface area (Å²) in [5.41, 5.74) is 15.7. The fourth-order valence-electron chi connectivity index (χ4n) is 5.16. The van der Waals surface area contributed by atoms with E-state index in [4.69, 9.17) is 22.4 Å². The maximum absolute atomic E-state index is 6.14. The summed E-state index contributed by atoms with van der Waals surface area (Å²) in [6.45, 7) is 8.94. The standard InChI is InChI=1S/C24H26BrN3OS/c1-13-7-14(2)21(15(3)8-13)24(4)11-17(12-24)22(27-28-23(26)30)20-10-16-9-18(25)5-6-19(16)29-20/h5-10,17H,11-12H2,1-4H3,(H3,26,28,30)/b27-22-. The minimum absolute atomic E-state index is 0.117. The van der Waals surface area contributed by atoms with Gasteiger partial charge in [0.05, 0.1) is 0 Å². The van der Waals surface area contributed by atoms with E-state index in [1.54, 1.807) is 0 Å². The predicted molar refractivity (Wildman–Crippen MR) is 131 cm³/mol. The van der Waals surface area contributed by atoms with Gasteiger partial charge < -0.3 is 10.2 Å². The van der Waals surface area contributed by atoms with Gasteiger partial charge in [0.15, 0.2) is 10.9 Å². The lowest BCUT2D eigenvalue weighted by molar-refractivity contribution is 0.214. The molecule has 1 fully saturated rings. The van der Waals surface area contributed by atoms with Gasteiger partial charge in [0.1, 0.15) is 11.3 Å². The fraction of sp³-hybridized carbons (Fsp3) is 0.333. The summed E-state index contributed by atoms with van der Waals surface area (Å²) < 4.78 is 7.15. The van der Waals surface area contributed by atoms with Crippen molar-refractivity contribution in [1.82, 2.24) is 5.43 Å². The van der Waals surface area contributed by atoms with E-state index >= 15 is 0 Å². The zero-order valence-corrected chi connectivity index (χ0v) is 20.1. The van der Waals surface area contributed by atoms with Gasteiger partial charge in [-0.25, -0.2) is 0 Å². The number of hydrogen-bond acceptors (Lipinski definition) is 3. The van der Waals surface area contributed by atoms with Crippen LogP contribution in [0.5, 0.6) is 0 Å². The van der Waals surface area contributed by atoms with Gasteiger partial charge in [-0.15, -0.1) is 0 Å². The Morgan fingerprint density at radius 1 is 1.17 bits per heavy atom. The molecule has 4 nitrogen and oxygen atoms in total. The first-order valence-electron chi connectivity index (χ1n) is 10.1. The number of thiocarbonyl (C=S) groups is 1. The highest BCUT2D eigenvalue weighted by Gasteiger charge is 2.46. The average Bonchev–Trinajstić information content (AvgIpc) is 3.01. The van der Waals surface area contributed by atoms with Crippen LogP contribution >= 0.6 is 28.1 Å². The number of fused-ring (bicyclic) bond motifs is 1. The summed E-state index contributed by atoms with van der Waals surface area (Å²) in [6, 6.07) is 12.6. The minimum Gasteiger partial charge on any atom is -0.455 e. The molecule has 0 spiro atoms. The van der Waals surface area contributed by atoms with Crippen molar-refractivity contribution in [2.45, 2.75) is 46.0 Å². The summed E-state index contributed by atoms with van der Waals surface area (Å²) in [6.07, 6.45) is 1.99. The molecule has 4 rings (SSSR count). The van der Waals surface area contributed by atoms with Crippen LogP contribution in [0.25, 0.3) is 11.0 Å². The van der Waals surface area contributed by atoms with Crippen LogP contribution in [0.3, 0.4) is 0 Å². The first-order chi connectivity index (χ1) is 14.2. The van der Waals surface area contributed by atoms with E-state index in [2.05, 4.69) is 66.3 Å². The summed E-state index contributed by atoms with van der Waals surface area (Å²) in [7, 11) is 0. The normalized spacial score (nSPS) is 21.5. The molecule has 156 valence electrons. The van der Waals surface area contributed by atoms with E-state index in [0.29, 0.717) is 0 Å². The Morgan fingerprint density at radius 3 is 2.47 bits per heavy atom. The van der Waals surface area contributed by atoms with E-state index in [1.807, 2.05) is 24.3 Å². The first-order valence-corrected chi connectivity index (χ1v) is 11.3. The van der Waals surface area contributed by atoms with E-state index in [9.17, 15) is 0 Å². The van der Waals surface area contributed by atoms with Crippen molar-refractivity contribution < 1.29 is 4.42 Å². The van der Waals surface area contributed by atoms with Gasteiger partial charge in [0, 0.05) is 15.8 Å². The second-order valence-corrected chi connectivity index (χ2v) is 10.1. The maximum Gasteiger partial charge on any atom is 0.184 e. The van der Waals surface area contributed by atoms with Crippen LogP contribution in [0, 0.1) is 26.7 Å². The molecule has 6 heteroatoms. The molecule has 0 atom stereocenters. The zero-order valence-electron chi connectivity index (χ0n) is 17.7. The van der Waals surface area contributed by atoms with Gasteiger partial charge in [0.2, 0.25) is 0 Å². The van der Waals surface area contributed by atoms with Crippen LogP contribution in [0.4, 0.5) is 0 Å².